The largest absolute Gasteiger partial charge is 0.497 e. The number of nitrogen functional groups attached to an aromatic ring is 1. The van der Waals surface area contributed by atoms with Crippen LogP contribution in [0, 0.1) is 0 Å². The van der Waals surface area contributed by atoms with Gasteiger partial charge in [-0.25, -0.2) is 4.98 Å². The average molecular weight is 346 g/mol. The van der Waals surface area contributed by atoms with Crippen LogP contribution in [0.5, 0.6) is 5.75 Å². The van der Waals surface area contributed by atoms with Crippen molar-refractivity contribution in [1.29, 1.82) is 0 Å². The van der Waals surface area contributed by atoms with Gasteiger partial charge in [0.15, 0.2) is 5.82 Å². The Hall–Kier alpha value is -2.19. The van der Waals surface area contributed by atoms with E-state index in [0.29, 0.717) is 28.7 Å². The predicted octanol–water partition coefficient (Wildman–Crippen LogP) is 2.75. The van der Waals surface area contributed by atoms with Gasteiger partial charge in [-0.1, -0.05) is 11.9 Å². The number of nitrogens with one attached hydrogen (secondary N) is 2. The second-order valence-electron chi connectivity index (χ2n) is 5.76. The molecule has 0 amide bonds. The Kier molecular flexibility index (Phi) is 5.27. The Labute approximate surface area is 145 Å². The Bertz CT molecular complexity index is 681. The molecule has 7 nitrogen and oxygen atoms in total. The van der Waals surface area contributed by atoms with Crippen LogP contribution in [-0.2, 0) is 0 Å². The molecule has 24 heavy (non-hydrogen) atoms. The number of nitrogens with zero attached hydrogens (tertiary/aromatic N) is 2. The van der Waals surface area contributed by atoms with Gasteiger partial charge in [-0.2, -0.15) is 4.98 Å². The van der Waals surface area contributed by atoms with E-state index in [9.17, 15) is 0 Å². The van der Waals surface area contributed by atoms with Gasteiger partial charge in [0.05, 0.1) is 19.0 Å². The van der Waals surface area contributed by atoms with Crippen LogP contribution in [-0.4, -0.2) is 28.4 Å². The molecule has 1 aromatic carbocycles. The van der Waals surface area contributed by atoms with Gasteiger partial charge in [-0.3, -0.25) is 5.14 Å². The summed E-state index contributed by atoms with van der Waals surface area (Å²) < 4.78 is 5.16. The monoisotopic (exact) mass is 346 g/mol. The van der Waals surface area contributed by atoms with Crippen molar-refractivity contribution in [2.75, 3.05) is 23.5 Å². The maximum atomic E-state index is 5.99. The van der Waals surface area contributed by atoms with E-state index >= 15 is 0 Å². The van der Waals surface area contributed by atoms with Crippen LogP contribution in [0.4, 0.5) is 23.1 Å². The number of rotatable bonds is 6. The predicted molar refractivity (Wildman–Crippen MR) is 99.5 cm³/mol. The van der Waals surface area contributed by atoms with E-state index in [2.05, 4.69) is 20.6 Å². The zero-order valence-corrected chi connectivity index (χ0v) is 14.3. The number of nitrogens with two attached hydrogens (primary N) is 2. The molecule has 1 fully saturated rings. The Morgan fingerprint density at radius 1 is 1.25 bits per heavy atom. The first-order valence-corrected chi connectivity index (χ1v) is 8.78. The summed E-state index contributed by atoms with van der Waals surface area (Å²) in [6.45, 7) is 0. The molecule has 1 saturated carbocycles. The van der Waals surface area contributed by atoms with E-state index in [0.717, 1.165) is 30.7 Å². The van der Waals surface area contributed by atoms with Gasteiger partial charge in [0.1, 0.15) is 5.75 Å². The average Bonchev–Trinajstić information content (AvgIpc) is 3.06. The third-order valence-corrected chi connectivity index (χ3v) is 4.89. The first-order valence-electron chi connectivity index (χ1n) is 7.83. The molecule has 0 spiro atoms. The molecule has 1 aromatic heterocycles. The van der Waals surface area contributed by atoms with Crippen molar-refractivity contribution in [3.05, 3.63) is 30.5 Å². The van der Waals surface area contributed by atoms with Crippen molar-refractivity contribution in [2.24, 2.45) is 5.14 Å². The first kappa shape index (κ1) is 16.7. The van der Waals surface area contributed by atoms with Gasteiger partial charge in [-0.05, 0) is 43.5 Å². The topological polar surface area (TPSA) is 111 Å². The quantitative estimate of drug-likeness (QED) is 0.591. The normalized spacial score (nSPS) is 19.9. The molecule has 1 aliphatic carbocycles. The summed E-state index contributed by atoms with van der Waals surface area (Å²) >= 11 is 1.43. The number of aromatic nitrogens is 2. The summed E-state index contributed by atoms with van der Waals surface area (Å²) in [5.74, 6) is 1.96. The SMILES string of the molecule is COc1ccc(Nc2nc(NC3CC[C@@H](SN)C3)ncc2N)cc1. The smallest absolute Gasteiger partial charge is 0.224 e. The van der Waals surface area contributed by atoms with E-state index in [4.69, 9.17) is 15.6 Å². The number of ether oxygens (including phenoxy) is 1. The third-order valence-electron chi connectivity index (χ3n) is 4.08. The minimum atomic E-state index is 0.350. The number of anilines is 4. The molecular formula is C16H22N6OS. The lowest BCUT2D eigenvalue weighted by molar-refractivity contribution is 0.415. The van der Waals surface area contributed by atoms with E-state index in [-0.39, 0.29) is 0 Å². The van der Waals surface area contributed by atoms with Gasteiger partial charge in [0.25, 0.3) is 0 Å². The Morgan fingerprint density at radius 2 is 2.04 bits per heavy atom. The lowest BCUT2D eigenvalue weighted by Gasteiger charge is -2.15. The molecule has 3 rings (SSSR count). The number of hydrogen-bond acceptors (Lipinski definition) is 8. The summed E-state index contributed by atoms with van der Waals surface area (Å²) in [6, 6.07) is 7.92. The molecule has 2 atom stereocenters. The first-order chi connectivity index (χ1) is 11.7. The second kappa shape index (κ2) is 7.59. The van der Waals surface area contributed by atoms with E-state index in [1.54, 1.807) is 13.3 Å². The van der Waals surface area contributed by atoms with Crippen molar-refractivity contribution < 1.29 is 4.74 Å². The molecule has 1 unspecified atom stereocenters. The van der Waals surface area contributed by atoms with E-state index < -0.39 is 0 Å². The van der Waals surface area contributed by atoms with E-state index in [1.807, 2.05) is 24.3 Å². The molecule has 0 saturated heterocycles. The van der Waals surface area contributed by atoms with Crippen LogP contribution in [0.1, 0.15) is 19.3 Å². The summed E-state index contributed by atoms with van der Waals surface area (Å²) in [5, 5.41) is 12.8. The van der Waals surface area contributed by atoms with Crippen molar-refractivity contribution >= 4 is 35.1 Å². The van der Waals surface area contributed by atoms with Crippen molar-refractivity contribution in [2.45, 2.75) is 30.6 Å². The fourth-order valence-corrected chi connectivity index (χ4v) is 3.36. The Morgan fingerprint density at radius 3 is 2.71 bits per heavy atom. The molecular weight excluding hydrogens is 324 g/mol. The number of benzene rings is 1. The van der Waals surface area contributed by atoms with Crippen molar-refractivity contribution in [1.82, 2.24) is 9.97 Å². The Balaban J connectivity index is 1.69. The van der Waals surface area contributed by atoms with Crippen molar-refractivity contribution in [3.8, 4) is 5.75 Å². The fourth-order valence-electron chi connectivity index (χ4n) is 2.75. The molecule has 0 aliphatic heterocycles. The van der Waals surface area contributed by atoms with Crippen LogP contribution < -0.4 is 26.2 Å². The number of methoxy groups -OCH3 is 1. The van der Waals surface area contributed by atoms with Crippen molar-refractivity contribution in [3.63, 3.8) is 0 Å². The molecule has 2 aromatic rings. The summed E-state index contributed by atoms with van der Waals surface area (Å²) in [4.78, 5) is 8.77. The summed E-state index contributed by atoms with van der Waals surface area (Å²) in [6.07, 6.45) is 4.83. The molecule has 8 heteroatoms. The zero-order valence-electron chi connectivity index (χ0n) is 13.5. The van der Waals surface area contributed by atoms with Crippen LogP contribution >= 0.6 is 11.9 Å². The number of hydrogen-bond donors (Lipinski definition) is 4. The van der Waals surface area contributed by atoms with Gasteiger partial charge in [0.2, 0.25) is 5.95 Å². The zero-order chi connectivity index (χ0) is 16.9. The highest BCUT2D eigenvalue weighted by atomic mass is 32.2. The van der Waals surface area contributed by atoms with E-state index in [1.165, 1.54) is 11.9 Å². The summed E-state index contributed by atoms with van der Waals surface area (Å²) in [5.41, 5.74) is 7.37. The van der Waals surface area contributed by atoms with Gasteiger partial charge in [-0.15, -0.1) is 0 Å². The highest BCUT2D eigenvalue weighted by Crippen LogP contribution is 2.29. The lowest BCUT2D eigenvalue weighted by atomic mass is 10.2. The minimum Gasteiger partial charge on any atom is -0.497 e. The highest BCUT2D eigenvalue weighted by molar-refractivity contribution is 7.97. The minimum absolute atomic E-state index is 0.350. The maximum absolute atomic E-state index is 5.99. The second-order valence-corrected chi connectivity index (χ2v) is 6.70. The van der Waals surface area contributed by atoms with Crippen LogP contribution in [0.25, 0.3) is 0 Å². The maximum Gasteiger partial charge on any atom is 0.224 e. The molecule has 1 heterocycles. The third kappa shape index (κ3) is 4.01. The van der Waals surface area contributed by atoms with Gasteiger partial charge >= 0.3 is 0 Å². The highest BCUT2D eigenvalue weighted by Gasteiger charge is 2.24. The van der Waals surface area contributed by atoms with Crippen LogP contribution in [0.3, 0.4) is 0 Å². The fraction of sp³-hybridized carbons (Fsp3) is 0.375. The molecule has 128 valence electrons. The van der Waals surface area contributed by atoms with Crippen LogP contribution in [0.15, 0.2) is 30.5 Å². The molecule has 6 N–H and O–H groups in total. The lowest BCUT2D eigenvalue weighted by Crippen LogP contribution is -2.18. The van der Waals surface area contributed by atoms with Gasteiger partial charge in [0, 0.05) is 17.0 Å². The van der Waals surface area contributed by atoms with Gasteiger partial charge < -0.3 is 21.1 Å². The molecule has 0 bridgehead atoms. The van der Waals surface area contributed by atoms with Crippen LogP contribution in [0.2, 0.25) is 0 Å². The summed E-state index contributed by atoms with van der Waals surface area (Å²) in [7, 11) is 1.64. The molecule has 1 aliphatic rings. The standard InChI is InChI=1S/C16H22N6OS/c1-23-12-5-2-10(3-6-12)20-15-14(17)9-19-16(22-15)21-11-4-7-13(8-11)24-18/h2-3,5-6,9,11,13H,4,7-8,17-18H2,1H3,(H2,19,20,21,22)/t11?,13-/m1/s1. The molecule has 0 radical (unpaired) electrons.